The average Bonchev–Trinajstić information content (AvgIpc) is 3.03. The van der Waals surface area contributed by atoms with E-state index < -0.39 is 0 Å². The standard InChI is InChI=1S/C18H32N2O2.ClH/c1-14-4-6-16(7-5-14)22-17-8-11-20(12-9-17)18(21)13-15-3-2-10-19-15;/h14-17,19H,2-13H2,1H3;1H. The minimum Gasteiger partial charge on any atom is -0.375 e. The van der Waals surface area contributed by atoms with Gasteiger partial charge in [-0.2, -0.15) is 0 Å². The number of amides is 1. The third kappa shape index (κ3) is 5.61. The molecule has 0 radical (unpaired) electrons. The van der Waals surface area contributed by atoms with Crippen LogP contribution in [-0.2, 0) is 9.53 Å². The van der Waals surface area contributed by atoms with Gasteiger partial charge in [-0.05, 0) is 63.8 Å². The maximum atomic E-state index is 12.3. The van der Waals surface area contributed by atoms with Crippen molar-refractivity contribution < 1.29 is 9.53 Å². The maximum Gasteiger partial charge on any atom is 0.224 e. The van der Waals surface area contributed by atoms with Crippen LogP contribution in [0.5, 0.6) is 0 Å². The molecule has 3 rings (SSSR count). The fourth-order valence-corrected chi connectivity index (χ4v) is 4.15. The first kappa shape index (κ1) is 19.0. The van der Waals surface area contributed by atoms with Crippen LogP contribution in [0.1, 0.15) is 64.7 Å². The monoisotopic (exact) mass is 344 g/mol. The van der Waals surface area contributed by atoms with Crippen LogP contribution in [0.2, 0.25) is 0 Å². The molecule has 1 N–H and O–H groups in total. The van der Waals surface area contributed by atoms with Crippen LogP contribution < -0.4 is 5.32 Å². The second kappa shape index (κ2) is 9.24. The van der Waals surface area contributed by atoms with E-state index in [1.807, 2.05) is 0 Å². The van der Waals surface area contributed by atoms with Crippen molar-refractivity contribution in [1.29, 1.82) is 0 Å². The van der Waals surface area contributed by atoms with Crippen molar-refractivity contribution >= 4 is 18.3 Å². The number of nitrogens with one attached hydrogen (secondary N) is 1. The number of carbonyl (C=O) groups excluding carboxylic acids is 1. The van der Waals surface area contributed by atoms with Gasteiger partial charge in [-0.1, -0.05) is 6.92 Å². The average molecular weight is 345 g/mol. The Morgan fingerprint density at radius 3 is 2.30 bits per heavy atom. The van der Waals surface area contributed by atoms with Crippen LogP contribution in [-0.4, -0.2) is 48.7 Å². The summed E-state index contributed by atoms with van der Waals surface area (Å²) in [7, 11) is 0. The Morgan fingerprint density at radius 2 is 1.70 bits per heavy atom. The lowest BCUT2D eigenvalue weighted by Crippen LogP contribution is -2.43. The van der Waals surface area contributed by atoms with Gasteiger partial charge >= 0.3 is 0 Å². The highest BCUT2D eigenvalue weighted by molar-refractivity contribution is 5.85. The molecule has 1 saturated carbocycles. The van der Waals surface area contributed by atoms with Gasteiger partial charge < -0.3 is 15.0 Å². The predicted octanol–water partition coefficient (Wildman–Crippen LogP) is 3.14. The summed E-state index contributed by atoms with van der Waals surface area (Å²) in [5, 5.41) is 3.42. The topological polar surface area (TPSA) is 41.6 Å². The third-order valence-corrected chi connectivity index (χ3v) is 5.73. The molecule has 1 atom stereocenters. The van der Waals surface area contributed by atoms with Crippen LogP contribution >= 0.6 is 12.4 Å². The van der Waals surface area contributed by atoms with Crippen molar-refractivity contribution in [2.24, 2.45) is 5.92 Å². The predicted molar refractivity (Wildman–Crippen MR) is 95.0 cm³/mol. The SMILES string of the molecule is CC1CCC(OC2CCN(C(=O)CC3CCCN3)CC2)CC1.Cl. The summed E-state index contributed by atoms with van der Waals surface area (Å²) < 4.78 is 6.29. The molecule has 5 heteroatoms. The van der Waals surface area contributed by atoms with Crippen molar-refractivity contribution in [3.05, 3.63) is 0 Å². The summed E-state index contributed by atoms with van der Waals surface area (Å²) in [6, 6.07) is 0.422. The van der Waals surface area contributed by atoms with Crippen LogP contribution in [0.25, 0.3) is 0 Å². The first-order valence-electron chi connectivity index (χ1n) is 9.37. The Hall–Kier alpha value is -0.320. The van der Waals surface area contributed by atoms with E-state index in [0.717, 1.165) is 44.8 Å². The number of nitrogens with zero attached hydrogens (tertiary/aromatic N) is 1. The lowest BCUT2D eigenvalue weighted by Gasteiger charge is -2.36. The highest BCUT2D eigenvalue weighted by atomic mass is 35.5. The number of rotatable bonds is 4. The largest absolute Gasteiger partial charge is 0.375 e. The Morgan fingerprint density at radius 1 is 1.04 bits per heavy atom. The Labute approximate surface area is 147 Å². The Bertz CT molecular complexity index is 358. The minimum atomic E-state index is 0. The van der Waals surface area contributed by atoms with E-state index in [1.54, 1.807) is 0 Å². The minimum absolute atomic E-state index is 0. The number of hydrogen-bond donors (Lipinski definition) is 1. The van der Waals surface area contributed by atoms with Crippen LogP contribution in [0.3, 0.4) is 0 Å². The lowest BCUT2D eigenvalue weighted by molar-refractivity contribution is -0.135. The summed E-state index contributed by atoms with van der Waals surface area (Å²) in [5.74, 6) is 1.22. The molecule has 134 valence electrons. The summed E-state index contributed by atoms with van der Waals surface area (Å²) in [4.78, 5) is 14.4. The van der Waals surface area contributed by atoms with Gasteiger partial charge in [0, 0.05) is 25.6 Å². The molecule has 1 amide bonds. The number of carbonyl (C=O) groups is 1. The molecule has 0 aromatic heterocycles. The quantitative estimate of drug-likeness (QED) is 0.851. The number of piperidine rings is 1. The number of ether oxygens (including phenoxy) is 1. The molecule has 2 heterocycles. The van der Waals surface area contributed by atoms with E-state index in [0.29, 0.717) is 30.6 Å². The zero-order chi connectivity index (χ0) is 15.4. The molecule has 2 saturated heterocycles. The zero-order valence-corrected chi connectivity index (χ0v) is 15.3. The summed E-state index contributed by atoms with van der Waals surface area (Å²) in [6.45, 7) is 5.20. The molecule has 3 aliphatic rings. The van der Waals surface area contributed by atoms with E-state index in [4.69, 9.17) is 4.74 Å². The van der Waals surface area contributed by atoms with Gasteiger partial charge in [0.1, 0.15) is 0 Å². The van der Waals surface area contributed by atoms with Crippen LogP contribution in [0.15, 0.2) is 0 Å². The number of hydrogen-bond acceptors (Lipinski definition) is 3. The lowest BCUT2D eigenvalue weighted by atomic mass is 9.88. The van der Waals surface area contributed by atoms with Crippen LogP contribution in [0.4, 0.5) is 0 Å². The molecule has 0 spiro atoms. The van der Waals surface area contributed by atoms with E-state index in [2.05, 4.69) is 17.1 Å². The second-order valence-corrected chi connectivity index (χ2v) is 7.60. The molecule has 23 heavy (non-hydrogen) atoms. The first-order valence-corrected chi connectivity index (χ1v) is 9.37. The van der Waals surface area contributed by atoms with Gasteiger partial charge in [-0.25, -0.2) is 0 Å². The van der Waals surface area contributed by atoms with Gasteiger partial charge in [0.15, 0.2) is 0 Å². The van der Waals surface area contributed by atoms with Crippen molar-refractivity contribution in [2.45, 2.75) is 83.0 Å². The molecular weight excluding hydrogens is 312 g/mol. The molecule has 2 aliphatic heterocycles. The van der Waals surface area contributed by atoms with Gasteiger partial charge in [-0.3, -0.25) is 4.79 Å². The molecule has 1 aliphatic carbocycles. The Kier molecular flexibility index (Phi) is 7.64. The van der Waals surface area contributed by atoms with E-state index in [9.17, 15) is 4.79 Å². The van der Waals surface area contributed by atoms with Gasteiger partial charge in [0.25, 0.3) is 0 Å². The fourth-order valence-electron chi connectivity index (χ4n) is 4.15. The number of halogens is 1. The number of likely N-dealkylation sites (tertiary alicyclic amines) is 1. The van der Waals surface area contributed by atoms with Crippen LogP contribution in [0, 0.1) is 5.92 Å². The highest BCUT2D eigenvalue weighted by Gasteiger charge is 2.28. The van der Waals surface area contributed by atoms with Crippen molar-refractivity contribution in [2.75, 3.05) is 19.6 Å². The second-order valence-electron chi connectivity index (χ2n) is 7.60. The fraction of sp³-hybridized carbons (Fsp3) is 0.944. The molecule has 0 aromatic carbocycles. The summed E-state index contributed by atoms with van der Waals surface area (Å²) >= 11 is 0. The Balaban J connectivity index is 0.00000192. The first-order chi connectivity index (χ1) is 10.7. The van der Waals surface area contributed by atoms with Gasteiger partial charge in [0.05, 0.1) is 12.2 Å². The van der Waals surface area contributed by atoms with E-state index in [1.165, 1.54) is 32.1 Å². The van der Waals surface area contributed by atoms with Crippen molar-refractivity contribution in [3.8, 4) is 0 Å². The highest BCUT2D eigenvalue weighted by Crippen LogP contribution is 2.28. The molecular formula is C18H33ClN2O2. The summed E-state index contributed by atoms with van der Waals surface area (Å²) in [5.41, 5.74) is 0. The normalized spacial score (nSPS) is 32.6. The van der Waals surface area contributed by atoms with Crippen molar-refractivity contribution in [1.82, 2.24) is 10.2 Å². The molecule has 3 fully saturated rings. The third-order valence-electron chi connectivity index (χ3n) is 5.73. The molecule has 4 nitrogen and oxygen atoms in total. The van der Waals surface area contributed by atoms with Gasteiger partial charge in [0.2, 0.25) is 5.91 Å². The van der Waals surface area contributed by atoms with Crippen molar-refractivity contribution in [3.63, 3.8) is 0 Å². The summed E-state index contributed by atoms with van der Waals surface area (Å²) in [6.07, 6.45) is 11.1. The maximum absolute atomic E-state index is 12.3. The smallest absolute Gasteiger partial charge is 0.224 e. The molecule has 1 unspecified atom stereocenters. The molecule has 0 aromatic rings. The molecule has 0 bridgehead atoms. The van der Waals surface area contributed by atoms with E-state index in [-0.39, 0.29) is 12.4 Å². The van der Waals surface area contributed by atoms with Gasteiger partial charge in [-0.15, -0.1) is 12.4 Å². The van der Waals surface area contributed by atoms with E-state index >= 15 is 0 Å². The zero-order valence-electron chi connectivity index (χ0n) is 14.5.